The second-order valence-electron chi connectivity index (χ2n) is 16.4. The van der Waals surface area contributed by atoms with Crippen LogP contribution in [0, 0.1) is 18.8 Å². The first-order valence-electron chi connectivity index (χ1n) is 20.1. The molecule has 0 bridgehead atoms. The zero-order valence-corrected chi connectivity index (χ0v) is 32.1. The Hall–Kier alpha value is -2.00. The van der Waals surface area contributed by atoms with E-state index in [2.05, 4.69) is 71.0 Å². The lowest BCUT2D eigenvalue weighted by molar-refractivity contribution is -0.0587. The largest absolute Gasteiger partial charge is 0.496 e. The van der Waals surface area contributed by atoms with Gasteiger partial charge in [0.2, 0.25) is 0 Å². The van der Waals surface area contributed by atoms with E-state index in [0.29, 0.717) is 5.92 Å². The maximum atomic E-state index is 11.9. The third-order valence-corrected chi connectivity index (χ3v) is 12.5. The summed E-state index contributed by atoms with van der Waals surface area (Å²) in [5.74, 6) is 1.50. The third-order valence-electron chi connectivity index (χ3n) is 12.5. The van der Waals surface area contributed by atoms with Crippen LogP contribution in [-0.2, 0) is 12.0 Å². The molecule has 2 aromatic carbocycles. The smallest absolute Gasteiger partial charge is 0.124 e. The number of piperazine rings is 2. The molecule has 7 nitrogen and oxygen atoms in total. The van der Waals surface area contributed by atoms with E-state index in [1.165, 1.54) is 62.5 Å². The summed E-state index contributed by atoms with van der Waals surface area (Å²) < 4.78 is 5.61. The van der Waals surface area contributed by atoms with E-state index >= 15 is 0 Å². The zero-order valence-electron chi connectivity index (χ0n) is 32.1. The number of benzene rings is 2. The summed E-state index contributed by atoms with van der Waals surface area (Å²) in [5.41, 5.74) is 2.25. The van der Waals surface area contributed by atoms with E-state index in [-0.39, 0.29) is 5.92 Å². The molecule has 0 radical (unpaired) electrons. The molecule has 0 spiro atoms. The van der Waals surface area contributed by atoms with Gasteiger partial charge in [-0.25, -0.2) is 0 Å². The van der Waals surface area contributed by atoms with Crippen LogP contribution >= 0.6 is 0 Å². The van der Waals surface area contributed by atoms with Crippen LogP contribution in [0.4, 0.5) is 0 Å². The molecule has 7 heteroatoms. The first-order valence-corrected chi connectivity index (χ1v) is 20.1. The maximum absolute atomic E-state index is 11.9. The Morgan fingerprint density at radius 2 is 1.22 bits per heavy atom. The van der Waals surface area contributed by atoms with Gasteiger partial charge in [0.25, 0.3) is 0 Å². The number of aliphatic hydroxyl groups is 2. The number of likely N-dealkylation sites (N-methyl/N-ethyl adjacent to an activating group) is 2. The number of hydrogen-bond acceptors (Lipinski definition) is 7. The molecule has 2 aliphatic heterocycles. The average Bonchev–Trinajstić information content (AvgIpc) is 3.10. The third kappa shape index (κ3) is 11.0. The van der Waals surface area contributed by atoms with Gasteiger partial charge in [0.15, 0.2) is 0 Å². The van der Waals surface area contributed by atoms with Crippen molar-refractivity contribution in [1.29, 1.82) is 0 Å². The van der Waals surface area contributed by atoms with Crippen molar-refractivity contribution in [2.45, 2.75) is 102 Å². The van der Waals surface area contributed by atoms with Crippen molar-refractivity contribution in [2.24, 2.45) is 11.8 Å². The Labute approximate surface area is 305 Å². The number of aryl methyl sites for hydroxylation is 1. The Bertz CT molecular complexity index is 1280. The number of nitrogens with zero attached hydrogens (tertiary/aromatic N) is 4. The Morgan fingerprint density at radius 3 is 1.84 bits per heavy atom. The highest BCUT2D eigenvalue weighted by Gasteiger charge is 2.41. The minimum absolute atomic E-state index is 0.271. The fourth-order valence-corrected chi connectivity index (χ4v) is 9.18. The summed E-state index contributed by atoms with van der Waals surface area (Å²) in [4.78, 5) is 9.94. The summed E-state index contributed by atoms with van der Waals surface area (Å²) in [6, 6.07) is 16.8. The summed E-state index contributed by atoms with van der Waals surface area (Å²) in [6.45, 7) is 13.3. The minimum Gasteiger partial charge on any atom is -0.496 e. The molecule has 4 unspecified atom stereocenters. The fraction of sp³-hybridized carbons (Fsp3) is 0.721. The van der Waals surface area contributed by atoms with Gasteiger partial charge in [-0.1, -0.05) is 99.4 Å². The quantitative estimate of drug-likeness (QED) is 0.324. The van der Waals surface area contributed by atoms with E-state index in [1.54, 1.807) is 7.11 Å². The Kier molecular flexibility index (Phi) is 15.0. The predicted octanol–water partition coefficient (Wildman–Crippen LogP) is 6.59. The highest BCUT2D eigenvalue weighted by Crippen LogP contribution is 2.44. The molecule has 4 aliphatic rings. The maximum Gasteiger partial charge on any atom is 0.124 e. The van der Waals surface area contributed by atoms with Crippen LogP contribution in [-0.4, -0.2) is 122 Å². The van der Waals surface area contributed by atoms with Crippen LogP contribution in [0.25, 0.3) is 0 Å². The van der Waals surface area contributed by atoms with Gasteiger partial charge in [0, 0.05) is 89.3 Å². The van der Waals surface area contributed by atoms with E-state index in [9.17, 15) is 10.2 Å². The molecule has 2 saturated heterocycles. The van der Waals surface area contributed by atoms with E-state index in [1.807, 2.05) is 18.2 Å². The molecular formula is C43H70N4O3. The summed E-state index contributed by atoms with van der Waals surface area (Å²) >= 11 is 0. The van der Waals surface area contributed by atoms with Gasteiger partial charge >= 0.3 is 0 Å². The molecule has 2 aliphatic carbocycles. The monoisotopic (exact) mass is 691 g/mol. The number of ether oxygens (including phenoxy) is 1. The van der Waals surface area contributed by atoms with Crippen molar-refractivity contribution >= 4 is 0 Å². The van der Waals surface area contributed by atoms with Crippen molar-refractivity contribution in [3.8, 4) is 5.75 Å². The Balaban J connectivity index is 0.000000194. The number of rotatable bonds is 8. The van der Waals surface area contributed by atoms with Gasteiger partial charge in [0.1, 0.15) is 5.75 Å². The summed E-state index contributed by atoms with van der Waals surface area (Å²) in [7, 11) is 6.11. The molecule has 2 saturated carbocycles. The van der Waals surface area contributed by atoms with E-state index in [4.69, 9.17) is 4.74 Å². The van der Waals surface area contributed by atoms with Crippen molar-refractivity contribution in [2.75, 3.05) is 86.7 Å². The lowest BCUT2D eigenvalue weighted by atomic mass is 9.73. The number of methoxy groups -OCH3 is 1. The number of hydrogen-bond donors (Lipinski definition) is 2. The van der Waals surface area contributed by atoms with Crippen molar-refractivity contribution < 1.29 is 14.9 Å². The normalized spacial score (nSPS) is 29.9. The second-order valence-corrected chi connectivity index (χ2v) is 16.4. The summed E-state index contributed by atoms with van der Waals surface area (Å²) in [6.07, 6.45) is 14.8. The van der Waals surface area contributed by atoms with Crippen LogP contribution in [0.5, 0.6) is 5.75 Å². The molecular weight excluding hydrogens is 620 g/mol. The average molecular weight is 691 g/mol. The van der Waals surface area contributed by atoms with Gasteiger partial charge in [-0.05, 0) is 58.3 Å². The Morgan fingerprint density at radius 1 is 0.660 bits per heavy atom. The first kappa shape index (κ1) is 39.2. The lowest BCUT2D eigenvalue weighted by Crippen LogP contribution is -2.51. The molecule has 0 amide bonds. The van der Waals surface area contributed by atoms with Crippen LogP contribution in [0.1, 0.15) is 93.7 Å². The topological polar surface area (TPSA) is 62.7 Å². The van der Waals surface area contributed by atoms with E-state index < -0.39 is 11.2 Å². The first-order chi connectivity index (χ1) is 24.2. The molecule has 2 heterocycles. The van der Waals surface area contributed by atoms with Gasteiger partial charge in [-0.15, -0.1) is 0 Å². The van der Waals surface area contributed by atoms with Crippen LogP contribution in [0.3, 0.4) is 0 Å². The van der Waals surface area contributed by atoms with Crippen molar-refractivity contribution in [3.63, 3.8) is 0 Å². The standard InChI is InChI=1S/C22H36N2O.C21H34N2O2/c1-19-8-7-9-20(16-19)17-22(25)11-6-4-3-5-10-21(22)18-24-14-12-23(2)13-15-24;1-22-13-15-23(16-14-22)17-18-9-5-3-4-8-12-21(18,24)19-10-6-7-11-20(19)25-2/h7-9,16,21,25H,3-6,10-15,17-18H2,1-2H3;6-7,10-11,18,24H,3-5,8-9,12-17H2,1-2H3. The predicted molar refractivity (Wildman–Crippen MR) is 207 cm³/mol. The molecule has 2 aromatic rings. The molecule has 280 valence electrons. The molecule has 4 atom stereocenters. The SMILES string of the molecule is COc1ccccc1C1(O)CCCCCCC1CN1CCN(C)CC1.Cc1cccc(CC2(O)CCCCCCC2CN2CCN(C)CC2)c1. The highest BCUT2D eigenvalue weighted by molar-refractivity contribution is 5.38. The van der Waals surface area contributed by atoms with E-state index in [0.717, 1.165) is 109 Å². The minimum atomic E-state index is -0.781. The molecule has 0 aromatic heterocycles. The van der Waals surface area contributed by atoms with Crippen molar-refractivity contribution in [3.05, 3.63) is 65.2 Å². The molecule has 4 fully saturated rings. The van der Waals surface area contributed by atoms with Gasteiger partial charge in [-0.2, -0.15) is 0 Å². The van der Waals surface area contributed by atoms with Crippen LogP contribution < -0.4 is 4.74 Å². The van der Waals surface area contributed by atoms with Gasteiger partial charge < -0.3 is 34.5 Å². The van der Waals surface area contributed by atoms with Crippen molar-refractivity contribution in [1.82, 2.24) is 19.6 Å². The van der Waals surface area contributed by atoms with Crippen LogP contribution in [0.15, 0.2) is 48.5 Å². The fourth-order valence-electron chi connectivity index (χ4n) is 9.18. The lowest BCUT2D eigenvalue weighted by Gasteiger charge is -2.43. The highest BCUT2D eigenvalue weighted by atomic mass is 16.5. The summed E-state index contributed by atoms with van der Waals surface area (Å²) in [5, 5.41) is 23.6. The van der Waals surface area contributed by atoms with Crippen LogP contribution in [0.2, 0.25) is 0 Å². The second kappa shape index (κ2) is 19.2. The molecule has 6 rings (SSSR count). The molecule has 2 N–H and O–H groups in total. The number of para-hydroxylation sites is 1. The van der Waals surface area contributed by atoms with Gasteiger partial charge in [0.05, 0.1) is 18.3 Å². The zero-order chi connectivity index (χ0) is 35.4. The molecule has 50 heavy (non-hydrogen) atoms. The van der Waals surface area contributed by atoms with Gasteiger partial charge in [-0.3, -0.25) is 0 Å².